The van der Waals surface area contributed by atoms with Crippen molar-refractivity contribution >= 4 is 0 Å². The van der Waals surface area contributed by atoms with Gasteiger partial charge in [0.2, 0.25) is 0 Å². The second-order valence-corrected chi connectivity index (χ2v) is 8.46. The highest BCUT2D eigenvalue weighted by molar-refractivity contribution is 5.27. The SMILES string of the molecule is CC1(c2ccc(F)cc2)CCC2(C)CC(O)(CCCO)CCN2C1. The molecule has 0 bridgehead atoms. The van der Waals surface area contributed by atoms with E-state index in [1.54, 1.807) is 12.1 Å². The Kier molecular flexibility index (Phi) is 4.75. The lowest BCUT2D eigenvalue weighted by Gasteiger charge is -2.57. The molecular weight excluding hydrogens is 305 g/mol. The standard InChI is InChI=1S/C20H30FNO2/c1-18(16-4-6-17(21)7-5-16)9-10-19(2)14-20(24,8-3-13-23)11-12-22(19)15-18/h4-7,23-24H,3,8-15H2,1-2H3. The zero-order valence-electron chi connectivity index (χ0n) is 14.9. The van der Waals surface area contributed by atoms with Crippen molar-refractivity contribution in [3.63, 3.8) is 0 Å². The number of aliphatic hydroxyl groups is 2. The predicted octanol–water partition coefficient (Wildman–Crippen LogP) is 3.24. The van der Waals surface area contributed by atoms with Crippen LogP contribution in [0.2, 0.25) is 0 Å². The van der Waals surface area contributed by atoms with Gasteiger partial charge in [-0.25, -0.2) is 4.39 Å². The molecule has 0 radical (unpaired) electrons. The van der Waals surface area contributed by atoms with Gasteiger partial charge in [-0.1, -0.05) is 19.1 Å². The van der Waals surface area contributed by atoms with Gasteiger partial charge < -0.3 is 10.2 Å². The van der Waals surface area contributed by atoms with Crippen molar-refractivity contribution in [2.45, 2.75) is 68.9 Å². The lowest BCUT2D eigenvalue weighted by Crippen LogP contribution is -2.63. The maximum Gasteiger partial charge on any atom is 0.123 e. The molecule has 24 heavy (non-hydrogen) atoms. The molecule has 2 fully saturated rings. The maximum absolute atomic E-state index is 13.2. The van der Waals surface area contributed by atoms with Gasteiger partial charge in [0.05, 0.1) is 5.60 Å². The van der Waals surface area contributed by atoms with Crippen LogP contribution in [0.5, 0.6) is 0 Å². The summed E-state index contributed by atoms with van der Waals surface area (Å²) in [4.78, 5) is 2.52. The molecule has 2 N–H and O–H groups in total. The zero-order valence-corrected chi connectivity index (χ0v) is 14.9. The van der Waals surface area contributed by atoms with Crippen molar-refractivity contribution in [2.75, 3.05) is 19.7 Å². The van der Waals surface area contributed by atoms with E-state index in [0.717, 1.165) is 38.8 Å². The van der Waals surface area contributed by atoms with Crippen LogP contribution in [0.3, 0.4) is 0 Å². The molecule has 4 heteroatoms. The lowest BCUT2D eigenvalue weighted by molar-refractivity contribution is -0.112. The summed E-state index contributed by atoms with van der Waals surface area (Å²) in [5, 5.41) is 20.0. The first-order valence-electron chi connectivity index (χ1n) is 9.13. The first-order valence-corrected chi connectivity index (χ1v) is 9.13. The van der Waals surface area contributed by atoms with E-state index >= 15 is 0 Å². The number of hydrogen-bond acceptors (Lipinski definition) is 3. The number of aliphatic hydroxyl groups excluding tert-OH is 1. The van der Waals surface area contributed by atoms with Gasteiger partial charge in [-0.15, -0.1) is 0 Å². The number of nitrogens with zero attached hydrogens (tertiary/aromatic N) is 1. The van der Waals surface area contributed by atoms with E-state index in [4.69, 9.17) is 5.11 Å². The first kappa shape index (κ1) is 17.8. The number of fused-ring (bicyclic) bond motifs is 1. The van der Waals surface area contributed by atoms with Crippen LogP contribution in [0.25, 0.3) is 0 Å². The highest BCUT2D eigenvalue weighted by atomic mass is 19.1. The molecule has 134 valence electrons. The molecule has 3 rings (SSSR count). The van der Waals surface area contributed by atoms with E-state index in [1.165, 1.54) is 5.56 Å². The third-order valence-electron chi connectivity index (χ3n) is 6.42. The summed E-state index contributed by atoms with van der Waals surface area (Å²) >= 11 is 0. The van der Waals surface area contributed by atoms with Gasteiger partial charge in [-0.2, -0.15) is 0 Å². The quantitative estimate of drug-likeness (QED) is 0.888. The summed E-state index contributed by atoms with van der Waals surface area (Å²) in [6.07, 6.45) is 4.97. The van der Waals surface area contributed by atoms with Gasteiger partial charge in [-0.3, -0.25) is 4.90 Å². The third kappa shape index (κ3) is 3.37. The van der Waals surface area contributed by atoms with Gasteiger partial charge in [0, 0.05) is 30.7 Å². The fraction of sp³-hybridized carbons (Fsp3) is 0.700. The molecule has 2 heterocycles. The Balaban J connectivity index is 1.74. The van der Waals surface area contributed by atoms with Crippen LogP contribution in [0.1, 0.15) is 57.9 Å². The molecule has 2 aliphatic rings. The van der Waals surface area contributed by atoms with Crippen LogP contribution >= 0.6 is 0 Å². The molecule has 3 nitrogen and oxygen atoms in total. The Morgan fingerprint density at radius 2 is 1.83 bits per heavy atom. The minimum Gasteiger partial charge on any atom is -0.396 e. The third-order valence-corrected chi connectivity index (χ3v) is 6.42. The van der Waals surface area contributed by atoms with Gasteiger partial charge in [0.25, 0.3) is 0 Å². The van der Waals surface area contributed by atoms with Gasteiger partial charge >= 0.3 is 0 Å². The summed E-state index contributed by atoms with van der Waals surface area (Å²) in [7, 11) is 0. The minimum atomic E-state index is -0.641. The second kappa shape index (κ2) is 6.40. The molecule has 1 aromatic carbocycles. The van der Waals surface area contributed by atoms with E-state index < -0.39 is 5.60 Å². The van der Waals surface area contributed by atoms with Crippen molar-refractivity contribution in [1.29, 1.82) is 0 Å². The Labute approximate surface area is 144 Å². The van der Waals surface area contributed by atoms with Crippen molar-refractivity contribution < 1.29 is 14.6 Å². The molecule has 2 aliphatic heterocycles. The van der Waals surface area contributed by atoms with Crippen LogP contribution in [-0.2, 0) is 5.41 Å². The molecule has 0 spiro atoms. The fourth-order valence-corrected chi connectivity index (χ4v) is 4.79. The number of benzene rings is 1. The average Bonchev–Trinajstić information content (AvgIpc) is 2.54. The summed E-state index contributed by atoms with van der Waals surface area (Å²) in [5.41, 5.74) is 0.611. The Bertz CT molecular complexity index is 578. The van der Waals surface area contributed by atoms with Crippen LogP contribution < -0.4 is 0 Å². The molecule has 1 aromatic rings. The van der Waals surface area contributed by atoms with Crippen molar-refractivity contribution in [3.8, 4) is 0 Å². The van der Waals surface area contributed by atoms with Gasteiger partial charge in [0.1, 0.15) is 5.82 Å². The van der Waals surface area contributed by atoms with Crippen molar-refractivity contribution in [2.24, 2.45) is 0 Å². The monoisotopic (exact) mass is 335 g/mol. The molecule has 3 atom stereocenters. The van der Waals surface area contributed by atoms with E-state index in [2.05, 4.69) is 18.7 Å². The van der Waals surface area contributed by atoms with Crippen LogP contribution in [0, 0.1) is 5.82 Å². The molecular formula is C20H30FNO2. The summed E-state index contributed by atoms with van der Waals surface area (Å²) in [6, 6.07) is 6.94. The van der Waals surface area contributed by atoms with E-state index in [9.17, 15) is 9.50 Å². The Morgan fingerprint density at radius 1 is 1.12 bits per heavy atom. The lowest BCUT2D eigenvalue weighted by atomic mass is 9.65. The average molecular weight is 335 g/mol. The zero-order chi connectivity index (χ0) is 17.4. The highest BCUT2D eigenvalue weighted by Gasteiger charge is 2.50. The smallest absolute Gasteiger partial charge is 0.123 e. The molecule has 0 aromatic heterocycles. The van der Waals surface area contributed by atoms with Crippen LogP contribution in [0.4, 0.5) is 4.39 Å². The topological polar surface area (TPSA) is 43.7 Å². The summed E-state index contributed by atoms with van der Waals surface area (Å²) in [6.45, 7) is 6.51. The van der Waals surface area contributed by atoms with Gasteiger partial charge in [-0.05, 0) is 63.1 Å². The van der Waals surface area contributed by atoms with Gasteiger partial charge in [0.15, 0.2) is 0 Å². The number of rotatable bonds is 4. The second-order valence-electron chi connectivity index (χ2n) is 8.46. The fourth-order valence-electron chi connectivity index (χ4n) is 4.79. The maximum atomic E-state index is 13.2. The number of halogens is 1. The van der Waals surface area contributed by atoms with Crippen LogP contribution in [-0.4, -0.2) is 45.9 Å². The minimum absolute atomic E-state index is 0.0159. The molecule has 0 aliphatic carbocycles. The van der Waals surface area contributed by atoms with Crippen LogP contribution in [0.15, 0.2) is 24.3 Å². The number of piperidine rings is 2. The normalized spacial score (nSPS) is 37.2. The highest BCUT2D eigenvalue weighted by Crippen LogP contribution is 2.47. The first-order chi connectivity index (χ1) is 11.3. The number of hydrogen-bond donors (Lipinski definition) is 2. The Hall–Kier alpha value is -0.970. The van der Waals surface area contributed by atoms with E-state index in [0.29, 0.717) is 12.8 Å². The van der Waals surface area contributed by atoms with Crippen molar-refractivity contribution in [1.82, 2.24) is 4.90 Å². The molecule has 2 saturated heterocycles. The molecule has 0 amide bonds. The van der Waals surface area contributed by atoms with E-state index in [-0.39, 0.29) is 23.4 Å². The summed E-state index contributed by atoms with van der Waals surface area (Å²) in [5.74, 6) is -0.185. The predicted molar refractivity (Wildman–Crippen MR) is 93.5 cm³/mol. The largest absolute Gasteiger partial charge is 0.396 e. The van der Waals surface area contributed by atoms with E-state index in [1.807, 2.05) is 12.1 Å². The molecule has 3 unspecified atom stereocenters. The molecule has 0 saturated carbocycles. The summed E-state index contributed by atoms with van der Waals surface area (Å²) < 4.78 is 13.2. The Morgan fingerprint density at radius 3 is 2.50 bits per heavy atom. The van der Waals surface area contributed by atoms with Crippen molar-refractivity contribution in [3.05, 3.63) is 35.6 Å².